The molecule has 1 aromatic rings. The fourth-order valence-corrected chi connectivity index (χ4v) is 1.81. The Hall–Kier alpha value is -1.61. The maximum absolute atomic E-state index is 11.6. The summed E-state index contributed by atoms with van der Waals surface area (Å²) in [6.07, 6.45) is 7.27. The molecule has 1 rings (SSSR count). The van der Waals surface area contributed by atoms with Crippen molar-refractivity contribution in [3.63, 3.8) is 0 Å². The summed E-state index contributed by atoms with van der Waals surface area (Å²) in [7, 11) is 0. The van der Waals surface area contributed by atoms with Crippen LogP contribution in [0.2, 0.25) is 0 Å². The quantitative estimate of drug-likeness (QED) is 0.558. The van der Waals surface area contributed by atoms with Crippen LogP contribution in [-0.2, 0) is 4.79 Å². The van der Waals surface area contributed by atoms with Crippen LogP contribution in [0.5, 0.6) is 0 Å². The lowest BCUT2D eigenvalue weighted by Gasteiger charge is -2.02. The number of aliphatic hydroxyl groups is 1. The molecule has 2 N–H and O–H groups in total. The molecular weight excluding hydrogens is 238 g/mol. The summed E-state index contributed by atoms with van der Waals surface area (Å²) >= 11 is 0. The Bertz CT molecular complexity index is 413. The molecule has 0 heterocycles. The van der Waals surface area contributed by atoms with Crippen LogP contribution < -0.4 is 5.32 Å². The number of unbranched alkanes of at least 4 members (excludes halogenated alkanes) is 3. The van der Waals surface area contributed by atoms with Gasteiger partial charge in [0.1, 0.15) is 0 Å². The van der Waals surface area contributed by atoms with Crippen LogP contribution in [0.1, 0.15) is 36.8 Å². The Labute approximate surface area is 115 Å². The first-order valence-corrected chi connectivity index (χ1v) is 6.86. The first kappa shape index (κ1) is 15.4. The minimum absolute atomic E-state index is 0.0522. The molecule has 0 aromatic heterocycles. The predicted octanol–water partition coefficient (Wildman–Crippen LogP) is 2.68. The second-order valence-electron chi connectivity index (χ2n) is 4.68. The van der Waals surface area contributed by atoms with E-state index in [1.54, 1.807) is 6.08 Å². The number of aryl methyl sites for hydroxylation is 1. The van der Waals surface area contributed by atoms with Crippen LogP contribution in [0, 0.1) is 6.92 Å². The summed E-state index contributed by atoms with van der Waals surface area (Å²) in [5, 5.41) is 11.5. The Kier molecular flexibility index (Phi) is 7.59. The monoisotopic (exact) mass is 261 g/mol. The van der Waals surface area contributed by atoms with Crippen molar-refractivity contribution in [2.24, 2.45) is 0 Å². The number of carbonyl (C=O) groups excluding carboxylic acids is 1. The van der Waals surface area contributed by atoms with Gasteiger partial charge in [-0.05, 0) is 31.4 Å². The number of benzene rings is 1. The lowest BCUT2D eigenvalue weighted by molar-refractivity contribution is -0.116. The lowest BCUT2D eigenvalue weighted by atomic mass is 10.1. The number of rotatable bonds is 8. The van der Waals surface area contributed by atoms with E-state index in [-0.39, 0.29) is 12.5 Å². The predicted molar refractivity (Wildman–Crippen MR) is 78.8 cm³/mol. The van der Waals surface area contributed by atoms with Gasteiger partial charge in [-0.3, -0.25) is 4.79 Å². The SMILES string of the molecule is Cc1cccc(/C=C/C(=O)NCCCCCCO)c1. The van der Waals surface area contributed by atoms with E-state index in [2.05, 4.69) is 5.32 Å². The zero-order valence-electron chi connectivity index (χ0n) is 11.6. The molecule has 0 saturated carbocycles. The normalized spacial score (nSPS) is 10.8. The van der Waals surface area contributed by atoms with Crippen LogP contribution in [-0.4, -0.2) is 24.2 Å². The number of nitrogens with one attached hydrogen (secondary N) is 1. The van der Waals surface area contributed by atoms with E-state index < -0.39 is 0 Å². The van der Waals surface area contributed by atoms with Gasteiger partial charge in [0.15, 0.2) is 0 Å². The van der Waals surface area contributed by atoms with E-state index in [0.717, 1.165) is 31.2 Å². The summed E-state index contributed by atoms with van der Waals surface area (Å²) < 4.78 is 0. The second kappa shape index (κ2) is 9.34. The van der Waals surface area contributed by atoms with Gasteiger partial charge in [0.2, 0.25) is 5.91 Å². The topological polar surface area (TPSA) is 49.3 Å². The van der Waals surface area contributed by atoms with Crippen LogP contribution in [0.15, 0.2) is 30.3 Å². The lowest BCUT2D eigenvalue weighted by Crippen LogP contribution is -2.21. The highest BCUT2D eigenvalue weighted by molar-refractivity contribution is 5.91. The number of carbonyl (C=O) groups is 1. The molecule has 1 aromatic carbocycles. The van der Waals surface area contributed by atoms with Crippen molar-refractivity contribution >= 4 is 12.0 Å². The average molecular weight is 261 g/mol. The summed E-state index contributed by atoms with van der Waals surface area (Å²) in [5.41, 5.74) is 2.23. The maximum atomic E-state index is 11.6. The van der Waals surface area contributed by atoms with E-state index in [1.165, 1.54) is 5.56 Å². The molecule has 0 aliphatic heterocycles. The van der Waals surface area contributed by atoms with Crippen LogP contribution >= 0.6 is 0 Å². The molecule has 0 spiro atoms. The van der Waals surface area contributed by atoms with E-state index in [4.69, 9.17) is 5.11 Å². The molecule has 0 bridgehead atoms. The molecule has 1 amide bonds. The van der Waals surface area contributed by atoms with E-state index in [0.29, 0.717) is 6.54 Å². The molecule has 0 aliphatic rings. The average Bonchev–Trinajstić information content (AvgIpc) is 2.40. The van der Waals surface area contributed by atoms with Gasteiger partial charge in [0.05, 0.1) is 0 Å². The molecule has 0 radical (unpaired) electrons. The van der Waals surface area contributed by atoms with Gasteiger partial charge in [-0.15, -0.1) is 0 Å². The Morgan fingerprint density at radius 3 is 2.79 bits per heavy atom. The Morgan fingerprint density at radius 1 is 1.26 bits per heavy atom. The molecule has 0 aliphatic carbocycles. The van der Waals surface area contributed by atoms with Crippen LogP contribution in [0.4, 0.5) is 0 Å². The number of hydrogen-bond acceptors (Lipinski definition) is 2. The van der Waals surface area contributed by atoms with E-state index in [1.807, 2.05) is 37.3 Å². The summed E-state index contributed by atoms with van der Waals surface area (Å²) in [5.74, 6) is -0.0522. The molecule has 0 atom stereocenters. The summed E-state index contributed by atoms with van der Waals surface area (Å²) in [6.45, 7) is 2.98. The number of aliphatic hydroxyl groups excluding tert-OH is 1. The smallest absolute Gasteiger partial charge is 0.243 e. The number of hydrogen-bond donors (Lipinski definition) is 2. The van der Waals surface area contributed by atoms with Crippen LogP contribution in [0.3, 0.4) is 0 Å². The zero-order valence-corrected chi connectivity index (χ0v) is 11.6. The second-order valence-corrected chi connectivity index (χ2v) is 4.68. The largest absolute Gasteiger partial charge is 0.396 e. The Balaban J connectivity index is 2.20. The molecule has 0 fully saturated rings. The summed E-state index contributed by atoms with van der Waals surface area (Å²) in [4.78, 5) is 11.6. The highest BCUT2D eigenvalue weighted by atomic mass is 16.2. The van der Waals surface area contributed by atoms with Gasteiger partial charge in [-0.25, -0.2) is 0 Å². The van der Waals surface area contributed by atoms with Crippen molar-refractivity contribution in [1.82, 2.24) is 5.32 Å². The highest BCUT2D eigenvalue weighted by Gasteiger charge is 1.95. The van der Waals surface area contributed by atoms with Gasteiger partial charge in [0, 0.05) is 19.2 Å². The molecular formula is C16H23NO2. The van der Waals surface area contributed by atoms with Crippen molar-refractivity contribution in [2.45, 2.75) is 32.6 Å². The fraction of sp³-hybridized carbons (Fsp3) is 0.438. The van der Waals surface area contributed by atoms with Gasteiger partial charge in [0.25, 0.3) is 0 Å². The van der Waals surface area contributed by atoms with Crippen molar-refractivity contribution in [3.8, 4) is 0 Å². The van der Waals surface area contributed by atoms with E-state index in [9.17, 15) is 4.79 Å². The highest BCUT2D eigenvalue weighted by Crippen LogP contribution is 2.05. The molecule has 19 heavy (non-hydrogen) atoms. The van der Waals surface area contributed by atoms with E-state index >= 15 is 0 Å². The molecule has 3 heteroatoms. The van der Waals surface area contributed by atoms with Gasteiger partial charge in [-0.1, -0.05) is 42.7 Å². The third-order valence-corrected chi connectivity index (χ3v) is 2.85. The fourth-order valence-electron chi connectivity index (χ4n) is 1.81. The van der Waals surface area contributed by atoms with Gasteiger partial charge >= 0.3 is 0 Å². The first-order chi connectivity index (χ1) is 9.22. The Morgan fingerprint density at radius 2 is 2.05 bits per heavy atom. The molecule has 0 unspecified atom stereocenters. The van der Waals surface area contributed by atoms with Crippen molar-refractivity contribution in [2.75, 3.05) is 13.2 Å². The maximum Gasteiger partial charge on any atom is 0.243 e. The third-order valence-electron chi connectivity index (χ3n) is 2.85. The van der Waals surface area contributed by atoms with Gasteiger partial charge in [-0.2, -0.15) is 0 Å². The standard InChI is InChI=1S/C16H23NO2/c1-14-7-6-8-15(13-14)9-10-16(19)17-11-4-2-3-5-12-18/h6-10,13,18H,2-5,11-12H2,1H3,(H,17,19)/b10-9+. The van der Waals surface area contributed by atoms with Crippen LogP contribution in [0.25, 0.3) is 6.08 Å². The summed E-state index contributed by atoms with van der Waals surface area (Å²) in [6, 6.07) is 8.03. The zero-order chi connectivity index (χ0) is 13.9. The van der Waals surface area contributed by atoms with Gasteiger partial charge < -0.3 is 10.4 Å². The molecule has 3 nitrogen and oxygen atoms in total. The third kappa shape index (κ3) is 7.42. The molecule has 0 saturated heterocycles. The minimum Gasteiger partial charge on any atom is -0.396 e. The van der Waals surface area contributed by atoms with Crippen molar-refractivity contribution in [3.05, 3.63) is 41.5 Å². The minimum atomic E-state index is -0.0522. The first-order valence-electron chi connectivity index (χ1n) is 6.86. The number of amides is 1. The molecule has 104 valence electrons. The van der Waals surface area contributed by atoms with Crippen molar-refractivity contribution in [1.29, 1.82) is 0 Å². The van der Waals surface area contributed by atoms with Crippen molar-refractivity contribution < 1.29 is 9.90 Å².